The van der Waals surface area contributed by atoms with Gasteiger partial charge in [0.2, 0.25) is 0 Å². The molecule has 0 radical (unpaired) electrons. The Balaban J connectivity index is 0. The number of rotatable bonds is 4. The summed E-state index contributed by atoms with van der Waals surface area (Å²) in [5, 5.41) is 9.27. The van der Waals surface area contributed by atoms with Crippen LogP contribution in [0.2, 0.25) is 0 Å². The molecule has 0 aliphatic carbocycles. The standard InChI is InChI=1S/C10H18NO2S.FH2N.K/c1-4-5-11-8(6-12)10(2,3)14-9(11)7-13;1-2;/h8-9,13H,4-5,7H2,1-3H3;2H2;/q-1;;+1/t8-,9?;;/m1../s1. The van der Waals surface area contributed by atoms with Crippen molar-refractivity contribution in [3.05, 3.63) is 0 Å². The average Bonchev–Trinajstić information content (AvgIpc) is 2.52. The first-order chi connectivity index (χ1) is 7.56. The first kappa shape index (κ1) is 20.8. The SMILES string of the molecule is CCCN1C(CO)SC(C)(C)[C@H]1[C-]=O.NF.[K+]. The molecule has 0 spiro atoms. The third-order valence-corrected chi connectivity index (χ3v) is 4.07. The first-order valence-corrected chi connectivity index (χ1v) is 6.08. The molecule has 96 valence electrons. The van der Waals surface area contributed by atoms with Gasteiger partial charge < -0.3 is 14.8 Å². The quantitative estimate of drug-likeness (QED) is 0.351. The maximum atomic E-state index is 10.9. The molecule has 0 bridgehead atoms. The molecule has 3 N–H and O–H groups in total. The zero-order valence-corrected chi connectivity index (χ0v) is 14.9. The first-order valence-electron chi connectivity index (χ1n) is 5.20. The van der Waals surface area contributed by atoms with Gasteiger partial charge in [-0.25, -0.2) is 6.29 Å². The molecule has 0 aromatic carbocycles. The van der Waals surface area contributed by atoms with Crippen LogP contribution in [0.1, 0.15) is 27.2 Å². The largest absolute Gasteiger partial charge is 1.00 e. The second kappa shape index (κ2) is 10.3. The molecule has 1 aliphatic rings. The molecule has 1 unspecified atom stereocenters. The van der Waals surface area contributed by atoms with E-state index in [1.165, 1.54) is 0 Å². The minimum Gasteiger partial charge on any atom is -0.540 e. The van der Waals surface area contributed by atoms with Crippen molar-refractivity contribution in [1.82, 2.24) is 4.90 Å². The van der Waals surface area contributed by atoms with Crippen molar-refractivity contribution in [3.8, 4) is 0 Å². The number of nitrogens with two attached hydrogens (primary N) is 1. The fourth-order valence-electron chi connectivity index (χ4n) is 1.93. The summed E-state index contributed by atoms with van der Waals surface area (Å²) in [6, 6.07) is -0.190. The van der Waals surface area contributed by atoms with Crippen LogP contribution in [0.3, 0.4) is 0 Å². The van der Waals surface area contributed by atoms with Crippen molar-refractivity contribution in [2.75, 3.05) is 13.2 Å². The second-order valence-electron chi connectivity index (χ2n) is 4.12. The molecule has 1 heterocycles. The van der Waals surface area contributed by atoms with Crippen molar-refractivity contribution in [2.24, 2.45) is 5.96 Å². The normalized spacial score (nSPS) is 26.7. The monoisotopic (exact) mass is 290 g/mol. The van der Waals surface area contributed by atoms with Crippen LogP contribution in [0.25, 0.3) is 0 Å². The summed E-state index contributed by atoms with van der Waals surface area (Å²) in [4.78, 5) is 13.0. The second-order valence-corrected chi connectivity index (χ2v) is 5.95. The van der Waals surface area contributed by atoms with Crippen molar-refractivity contribution in [1.29, 1.82) is 0 Å². The third kappa shape index (κ3) is 5.54. The van der Waals surface area contributed by atoms with E-state index in [0.29, 0.717) is 0 Å². The van der Waals surface area contributed by atoms with Crippen LogP contribution in [0, 0.1) is 0 Å². The van der Waals surface area contributed by atoms with E-state index in [-0.39, 0.29) is 74.2 Å². The molecule has 1 rings (SSSR count). The smallest absolute Gasteiger partial charge is 0.540 e. The van der Waals surface area contributed by atoms with E-state index in [1.54, 1.807) is 11.8 Å². The van der Waals surface area contributed by atoms with Gasteiger partial charge in [0.25, 0.3) is 0 Å². The summed E-state index contributed by atoms with van der Waals surface area (Å²) in [6.45, 7) is 7.09. The summed E-state index contributed by atoms with van der Waals surface area (Å²) in [5.41, 5.74) is 0. The van der Waals surface area contributed by atoms with Crippen molar-refractivity contribution in [3.63, 3.8) is 0 Å². The molecule has 2 atom stereocenters. The van der Waals surface area contributed by atoms with Gasteiger partial charge in [-0.15, -0.1) is 16.2 Å². The number of nitrogens with zero attached hydrogens (tertiary/aromatic N) is 1. The van der Waals surface area contributed by atoms with Crippen LogP contribution in [0.4, 0.5) is 4.48 Å². The van der Waals surface area contributed by atoms with Gasteiger partial charge in [-0.3, -0.25) is 0 Å². The molecule has 0 amide bonds. The Kier molecular flexibility index (Phi) is 12.6. The van der Waals surface area contributed by atoms with Gasteiger partial charge in [-0.2, -0.15) is 5.96 Å². The van der Waals surface area contributed by atoms with Crippen LogP contribution >= 0.6 is 11.8 Å². The predicted octanol–water partition coefficient (Wildman–Crippen LogP) is -2.15. The molecule has 1 aliphatic heterocycles. The molecule has 0 aromatic heterocycles. The Morgan fingerprint density at radius 1 is 1.53 bits per heavy atom. The minimum absolute atomic E-state index is 0. The molecule has 7 heteroatoms. The number of carbonyl (C=O) groups excluding carboxylic acids is 1. The van der Waals surface area contributed by atoms with Gasteiger partial charge in [0.15, 0.2) is 0 Å². The Hall–Kier alpha value is 1.47. The van der Waals surface area contributed by atoms with Crippen LogP contribution in [-0.4, -0.2) is 45.6 Å². The maximum absolute atomic E-state index is 10.9. The third-order valence-electron chi connectivity index (χ3n) is 2.55. The summed E-state index contributed by atoms with van der Waals surface area (Å²) in [6.07, 6.45) is 3.09. The number of aliphatic hydroxyl groups is 1. The van der Waals surface area contributed by atoms with E-state index in [2.05, 4.69) is 24.1 Å². The molecule has 17 heavy (non-hydrogen) atoms. The van der Waals surface area contributed by atoms with E-state index >= 15 is 0 Å². The zero-order valence-electron chi connectivity index (χ0n) is 10.9. The number of thioether (sulfide) groups is 1. The number of halogens is 1. The van der Waals surface area contributed by atoms with Crippen molar-refractivity contribution in [2.45, 2.75) is 43.4 Å². The van der Waals surface area contributed by atoms with Gasteiger partial charge in [0.1, 0.15) is 0 Å². The Bertz CT molecular complexity index is 222. The Morgan fingerprint density at radius 3 is 2.41 bits per heavy atom. The van der Waals surface area contributed by atoms with Crippen LogP contribution in [0.15, 0.2) is 0 Å². The van der Waals surface area contributed by atoms with Gasteiger partial charge in [0, 0.05) is 4.75 Å². The maximum Gasteiger partial charge on any atom is 1.00 e. The summed E-state index contributed by atoms with van der Waals surface area (Å²) in [7, 11) is 0. The van der Waals surface area contributed by atoms with Crippen molar-refractivity contribution < 1.29 is 65.8 Å². The molecular weight excluding hydrogens is 270 g/mol. The molecule has 4 nitrogen and oxygen atoms in total. The Morgan fingerprint density at radius 2 is 2.06 bits per heavy atom. The Labute approximate surface area is 149 Å². The van der Waals surface area contributed by atoms with E-state index < -0.39 is 0 Å². The number of hydrogen-bond donors (Lipinski definition) is 2. The van der Waals surface area contributed by atoms with Gasteiger partial charge >= 0.3 is 51.4 Å². The molecule has 1 saturated heterocycles. The fourth-order valence-corrected chi connectivity index (χ4v) is 3.38. The van der Waals surface area contributed by atoms with E-state index in [1.807, 2.05) is 13.8 Å². The van der Waals surface area contributed by atoms with E-state index in [4.69, 9.17) is 4.48 Å². The van der Waals surface area contributed by atoms with Gasteiger partial charge in [-0.1, -0.05) is 26.8 Å². The summed E-state index contributed by atoms with van der Waals surface area (Å²) in [5.74, 6) is 3.00. The van der Waals surface area contributed by atoms with Crippen LogP contribution < -0.4 is 57.3 Å². The van der Waals surface area contributed by atoms with E-state index in [9.17, 15) is 9.90 Å². The number of hydrogen-bond acceptors (Lipinski definition) is 5. The predicted molar refractivity (Wildman–Crippen MR) is 64.3 cm³/mol. The number of aliphatic hydroxyl groups excluding tert-OH is 1. The molecular formula is C10H20FKN2O2S. The molecule has 0 saturated carbocycles. The van der Waals surface area contributed by atoms with Crippen molar-refractivity contribution >= 4 is 18.0 Å². The minimum atomic E-state index is -0.190. The molecule has 1 fully saturated rings. The van der Waals surface area contributed by atoms with Crippen LogP contribution in [0.5, 0.6) is 0 Å². The van der Waals surface area contributed by atoms with Gasteiger partial charge in [-0.05, 0) is 13.0 Å². The van der Waals surface area contributed by atoms with Crippen LogP contribution in [-0.2, 0) is 4.79 Å². The fraction of sp³-hybridized carbons (Fsp3) is 0.900. The average molecular weight is 290 g/mol. The van der Waals surface area contributed by atoms with Gasteiger partial charge in [0.05, 0.1) is 12.0 Å². The summed E-state index contributed by atoms with van der Waals surface area (Å²) < 4.78 is 8.87. The van der Waals surface area contributed by atoms with E-state index in [0.717, 1.165) is 13.0 Å². The zero-order chi connectivity index (χ0) is 12.8. The topological polar surface area (TPSA) is 66.6 Å². The summed E-state index contributed by atoms with van der Waals surface area (Å²) >= 11 is 1.66. The molecule has 0 aromatic rings.